The van der Waals surface area contributed by atoms with Crippen molar-refractivity contribution < 1.29 is 0 Å². The lowest BCUT2D eigenvalue weighted by Crippen LogP contribution is -2.14. The predicted molar refractivity (Wildman–Crippen MR) is 260 cm³/mol. The van der Waals surface area contributed by atoms with Crippen molar-refractivity contribution in [2.45, 2.75) is 240 Å². The van der Waals surface area contributed by atoms with Crippen molar-refractivity contribution in [3.05, 3.63) is 71.8 Å². The van der Waals surface area contributed by atoms with Crippen LogP contribution in [0.4, 0.5) is 11.4 Å². The van der Waals surface area contributed by atoms with E-state index in [2.05, 4.69) is 101 Å². The average molecular weight is 779 g/mol. The summed E-state index contributed by atoms with van der Waals surface area (Å²) >= 11 is 0. The van der Waals surface area contributed by atoms with Crippen molar-refractivity contribution >= 4 is 35.0 Å². The maximum Gasteiger partial charge on any atom is 0.0634 e. The first-order valence-corrected chi connectivity index (χ1v) is 24.9. The lowest BCUT2D eigenvalue weighted by Gasteiger charge is -2.11. The Hall–Kier alpha value is -2.74. The van der Waals surface area contributed by atoms with Gasteiger partial charge >= 0.3 is 0 Å². The molecule has 2 heteroatoms. The van der Waals surface area contributed by atoms with Crippen LogP contribution in [0.15, 0.2) is 70.7 Å². The highest BCUT2D eigenvalue weighted by atomic mass is 14.8. The third kappa shape index (κ3) is 28.3. The third-order valence-corrected chi connectivity index (χ3v) is 11.5. The summed E-state index contributed by atoms with van der Waals surface area (Å²) in [4.78, 5) is 10.5. The number of aliphatic imine (C=N–C) groups is 2. The van der Waals surface area contributed by atoms with E-state index in [4.69, 9.17) is 9.98 Å². The molecule has 2 aromatic carbocycles. The smallest absolute Gasteiger partial charge is 0.0634 e. The zero-order valence-corrected chi connectivity index (χ0v) is 38.2. The molecule has 57 heavy (non-hydrogen) atoms. The summed E-state index contributed by atoms with van der Waals surface area (Å²) in [6, 6.07) is 17.7. The maximum absolute atomic E-state index is 5.26. The summed E-state index contributed by atoms with van der Waals surface area (Å²) in [5.74, 6) is 0. The quantitative estimate of drug-likeness (QED) is 0.0479. The van der Waals surface area contributed by atoms with Crippen molar-refractivity contribution in [2.75, 3.05) is 0 Å². The molecule has 0 aromatic heterocycles. The number of nitrogens with zero attached hydrogens (tertiary/aromatic N) is 2. The van der Waals surface area contributed by atoms with E-state index in [1.165, 1.54) is 197 Å². The molecular weight excluding hydrogens is 689 g/mol. The average Bonchev–Trinajstić information content (AvgIpc) is 3.23. The number of hydrogen-bond acceptors (Lipinski definition) is 2. The highest BCUT2D eigenvalue weighted by molar-refractivity contribution is 6.43. The molecule has 0 N–H and O–H groups in total. The van der Waals surface area contributed by atoms with Crippen LogP contribution in [0, 0.1) is 0 Å². The van der Waals surface area contributed by atoms with E-state index in [9.17, 15) is 0 Å². The van der Waals surface area contributed by atoms with Crippen molar-refractivity contribution in [3.63, 3.8) is 0 Å². The normalized spacial score (nSPS) is 12.5. The van der Waals surface area contributed by atoms with Gasteiger partial charge in [0.2, 0.25) is 0 Å². The van der Waals surface area contributed by atoms with Crippen LogP contribution in [0.25, 0.3) is 12.2 Å². The largest absolute Gasteiger partial charge is 0.252 e. The maximum atomic E-state index is 5.26. The van der Waals surface area contributed by atoms with Crippen LogP contribution < -0.4 is 0 Å². The van der Waals surface area contributed by atoms with Gasteiger partial charge in [-0.2, -0.15) is 0 Å². The standard InChI is InChI=1S/C55H90N2/c1-5-9-13-15-17-19-21-23-25-27-29-31-33-36-38-50-42-46-52(47-43-50)56-54(40-12-8-4)55(41-35-11-7-3)57-53-48-44-51(45-49-53)39-37-34-32-30-28-26-24-22-20-18-16-14-10-6-2/h36-39,42-49H,5-35,40-41H2,1-4H3. The fourth-order valence-electron chi connectivity index (χ4n) is 7.69. The van der Waals surface area contributed by atoms with Crippen molar-refractivity contribution in [2.24, 2.45) is 9.98 Å². The highest BCUT2D eigenvalue weighted by Gasteiger charge is 2.11. The lowest BCUT2D eigenvalue weighted by atomic mass is 10.0. The molecule has 2 rings (SSSR count). The van der Waals surface area contributed by atoms with Crippen molar-refractivity contribution in [1.29, 1.82) is 0 Å². The summed E-state index contributed by atoms with van der Waals surface area (Å²) in [5, 5.41) is 0. The molecule has 0 bridgehead atoms. The van der Waals surface area contributed by atoms with E-state index in [1.807, 2.05) is 0 Å². The minimum Gasteiger partial charge on any atom is -0.252 e. The molecule has 0 fully saturated rings. The highest BCUT2D eigenvalue weighted by Crippen LogP contribution is 2.22. The van der Waals surface area contributed by atoms with Gasteiger partial charge < -0.3 is 0 Å². The summed E-state index contributed by atoms with van der Waals surface area (Å²) in [6.07, 6.45) is 53.2. The molecule has 0 aliphatic carbocycles. The van der Waals surface area contributed by atoms with Gasteiger partial charge in [-0.25, -0.2) is 0 Å². The number of unbranched alkanes of at least 4 members (excludes halogenated alkanes) is 27. The molecule has 320 valence electrons. The Morgan fingerprint density at radius 1 is 0.333 bits per heavy atom. The van der Waals surface area contributed by atoms with Gasteiger partial charge in [0.15, 0.2) is 0 Å². The van der Waals surface area contributed by atoms with Gasteiger partial charge in [0.25, 0.3) is 0 Å². The number of allylic oxidation sites excluding steroid dienone is 2. The Balaban J connectivity index is 1.84. The molecule has 0 aliphatic heterocycles. The molecular formula is C55H90N2. The van der Waals surface area contributed by atoms with Crippen LogP contribution in [0.5, 0.6) is 0 Å². The van der Waals surface area contributed by atoms with Gasteiger partial charge in [-0.1, -0.05) is 237 Å². The first-order chi connectivity index (χ1) is 28.2. The summed E-state index contributed by atoms with van der Waals surface area (Å²) in [6.45, 7) is 9.15. The van der Waals surface area contributed by atoms with E-state index < -0.39 is 0 Å². The summed E-state index contributed by atoms with van der Waals surface area (Å²) in [5.41, 5.74) is 6.94. The van der Waals surface area contributed by atoms with Gasteiger partial charge in [-0.05, 0) is 86.8 Å². The third-order valence-electron chi connectivity index (χ3n) is 11.5. The van der Waals surface area contributed by atoms with Crippen LogP contribution in [-0.4, -0.2) is 11.4 Å². The fraction of sp³-hybridized carbons (Fsp3) is 0.673. The van der Waals surface area contributed by atoms with Gasteiger partial charge in [-0.3, -0.25) is 9.98 Å². The van der Waals surface area contributed by atoms with Crippen LogP contribution in [-0.2, 0) is 0 Å². The van der Waals surface area contributed by atoms with Crippen LogP contribution in [0.1, 0.15) is 251 Å². The molecule has 2 aromatic rings. The van der Waals surface area contributed by atoms with Gasteiger partial charge in [0.05, 0.1) is 22.8 Å². The molecule has 0 aliphatic rings. The second kappa shape index (κ2) is 37.5. The zero-order chi connectivity index (χ0) is 40.7. The van der Waals surface area contributed by atoms with Crippen LogP contribution in [0.3, 0.4) is 0 Å². The molecule has 0 spiro atoms. The van der Waals surface area contributed by atoms with E-state index >= 15 is 0 Å². The number of rotatable bonds is 38. The van der Waals surface area contributed by atoms with Crippen LogP contribution in [0.2, 0.25) is 0 Å². The van der Waals surface area contributed by atoms with Gasteiger partial charge in [-0.15, -0.1) is 0 Å². The van der Waals surface area contributed by atoms with Crippen molar-refractivity contribution in [3.8, 4) is 0 Å². The second-order valence-electron chi connectivity index (χ2n) is 17.0. The lowest BCUT2D eigenvalue weighted by molar-refractivity contribution is 0.545. The minimum atomic E-state index is 0.974. The molecule has 2 nitrogen and oxygen atoms in total. The SMILES string of the molecule is CCCCCCCCCCCCCCC=Cc1ccc(N=C(CCCC)C(CCCCC)=Nc2ccc(C=CCCCCCCCCCCCCCC)cc2)cc1. The molecule has 0 unspecified atom stereocenters. The van der Waals surface area contributed by atoms with E-state index in [1.54, 1.807) is 0 Å². The first kappa shape index (κ1) is 50.4. The van der Waals surface area contributed by atoms with Crippen LogP contribution >= 0.6 is 0 Å². The van der Waals surface area contributed by atoms with Gasteiger partial charge in [0, 0.05) is 0 Å². The Labute approximate surface area is 355 Å². The molecule has 0 saturated heterocycles. The number of benzene rings is 2. The van der Waals surface area contributed by atoms with E-state index in [0.29, 0.717) is 0 Å². The Kier molecular flexibility index (Phi) is 33.2. The summed E-state index contributed by atoms with van der Waals surface area (Å²) < 4.78 is 0. The Bertz CT molecular complexity index is 1300. The second-order valence-corrected chi connectivity index (χ2v) is 17.0. The molecule has 0 amide bonds. The first-order valence-electron chi connectivity index (χ1n) is 24.9. The monoisotopic (exact) mass is 779 g/mol. The topological polar surface area (TPSA) is 24.7 Å². The summed E-state index contributed by atoms with van der Waals surface area (Å²) in [7, 11) is 0. The molecule has 0 saturated carbocycles. The molecule has 0 atom stereocenters. The fourth-order valence-corrected chi connectivity index (χ4v) is 7.69. The predicted octanol–water partition coefficient (Wildman–Crippen LogP) is 19.5. The van der Waals surface area contributed by atoms with E-state index in [-0.39, 0.29) is 0 Å². The van der Waals surface area contributed by atoms with Gasteiger partial charge in [0.1, 0.15) is 0 Å². The molecule has 0 radical (unpaired) electrons. The number of hydrogen-bond donors (Lipinski definition) is 0. The van der Waals surface area contributed by atoms with E-state index in [0.717, 1.165) is 49.2 Å². The van der Waals surface area contributed by atoms with Crippen molar-refractivity contribution in [1.82, 2.24) is 0 Å². The Morgan fingerprint density at radius 3 is 0.947 bits per heavy atom. The molecule has 0 heterocycles. The zero-order valence-electron chi connectivity index (χ0n) is 38.2. The Morgan fingerprint density at radius 2 is 0.614 bits per heavy atom. The minimum absolute atomic E-state index is 0.974.